The second-order valence-corrected chi connectivity index (χ2v) is 7.20. The van der Waals surface area contributed by atoms with Crippen LogP contribution in [0, 0.1) is 6.92 Å². The SMILES string of the molecule is Cc1c(C(=O)N(C)C(C)C)sc2ncnc(NCCN(C)C)c12. The number of thiophene rings is 1. The smallest absolute Gasteiger partial charge is 0.264 e. The lowest BCUT2D eigenvalue weighted by molar-refractivity contribution is 0.0759. The molecule has 2 aromatic heterocycles. The second kappa shape index (κ2) is 7.23. The van der Waals surface area contributed by atoms with Gasteiger partial charge >= 0.3 is 0 Å². The Balaban J connectivity index is 2.36. The summed E-state index contributed by atoms with van der Waals surface area (Å²) in [5.41, 5.74) is 0.954. The standard InChI is InChI=1S/C16H25N5OS/c1-10(2)21(6)16(22)13-11(3)12-14(17-7-8-20(4)5)18-9-19-15(12)23-13/h9-10H,7-8H2,1-6H3,(H,17,18,19). The van der Waals surface area contributed by atoms with Crippen LogP contribution in [0.3, 0.4) is 0 Å². The normalized spacial score (nSPS) is 11.5. The molecule has 1 amide bonds. The number of amides is 1. The van der Waals surface area contributed by atoms with E-state index in [-0.39, 0.29) is 11.9 Å². The third kappa shape index (κ3) is 3.79. The Bertz CT molecular complexity index is 695. The van der Waals surface area contributed by atoms with Crippen LogP contribution in [-0.2, 0) is 0 Å². The van der Waals surface area contributed by atoms with Gasteiger partial charge in [0.1, 0.15) is 17.0 Å². The highest BCUT2D eigenvalue weighted by molar-refractivity contribution is 7.20. The second-order valence-electron chi connectivity index (χ2n) is 6.20. The molecule has 0 aliphatic rings. The first-order valence-electron chi connectivity index (χ1n) is 7.72. The molecule has 0 spiro atoms. The quantitative estimate of drug-likeness (QED) is 0.878. The van der Waals surface area contributed by atoms with Crippen LogP contribution in [-0.4, -0.2) is 65.9 Å². The monoisotopic (exact) mass is 335 g/mol. The van der Waals surface area contributed by atoms with Gasteiger partial charge in [-0.1, -0.05) is 0 Å². The van der Waals surface area contributed by atoms with Crippen LogP contribution in [0.2, 0.25) is 0 Å². The number of aromatic nitrogens is 2. The molecule has 0 aromatic carbocycles. The zero-order valence-corrected chi connectivity index (χ0v) is 15.5. The maximum absolute atomic E-state index is 12.7. The van der Waals surface area contributed by atoms with Gasteiger partial charge in [0.05, 0.1) is 10.3 Å². The van der Waals surface area contributed by atoms with Gasteiger partial charge in [-0.15, -0.1) is 11.3 Å². The molecule has 2 aromatic rings. The number of carbonyl (C=O) groups excluding carboxylic acids is 1. The Morgan fingerprint density at radius 1 is 1.30 bits per heavy atom. The lowest BCUT2D eigenvalue weighted by Crippen LogP contribution is -2.32. The van der Waals surface area contributed by atoms with E-state index in [0.717, 1.165) is 39.6 Å². The molecule has 0 aliphatic carbocycles. The molecule has 1 N–H and O–H groups in total. The van der Waals surface area contributed by atoms with Crippen molar-refractivity contribution in [3.05, 3.63) is 16.8 Å². The van der Waals surface area contributed by atoms with E-state index in [1.165, 1.54) is 11.3 Å². The number of rotatable bonds is 6. The average molecular weight is 335 g/mol. The van der Waals surface area contributed by atoms with E-state index in [4.69, 9.17) is 0 Å². The van der Waals surface area contributed by atoms with Crippen molar-refractivity contribution in [1.29, 1.82) is 0 Å². The Labute approximate surface area is 141 Å². The minimum Gasteiger partial charge on any atom is -0.368 e. The van der Waals surface area contributed by atoms with Crippen LogP contribution >= 0.6 is 11.3 Å². The summed E-state index contributed by atoms with van der Waals surface area (Å²) in [6.07, 6.45) is 1.55. The van der Waals surface area contributed by atoms with Crippen molar-refractivity contribution in [2.24, 2.45) is 0 Å². The molecule has 2 rings (SSSR count). The van der Waals surface area contributed by atoms with Crippen molar-refractivity contribution in [3.8, 4) is 0 Å². The summed E-state index contributed by atoms with van der Waals surface area (Å²) in [5.74, 6) is 0.844. The van der Waals surface area contributed by atoms with E-state index in [9.17, 15) is 4.79 Å². The maximum atomic E-state index is 12.7. The van der Waals surface area contributed by atoms with Crippen LogP contribution in [0.25, 0.3) is 10.2 Å². The van der Waals surface area contributed by atoms with E-state index >= 15 is 0 Å². The van der Waals surface area contributed by atoms with Crippen LogP contribution in [0.4, 0.5) is 5.82 Å². The highest BCUT2D eigenvalue weighted by atomic mass is 32.1. The Kier molecular flexibility index (Phi) is 5.54. The summed E-state index contributed by atoms with van der Waals surface area (Å²) >= 11 is 1.44. The van der Waals surface area contributed by atoms with E-state index in [0.29, 0.717) is 0 Å². The van der Waals surface area contributed by atoms with Crippen LogP contribution < -0.4 is 5.32 Å². The fourth-order valence-corrected chi connectivity index (χ4v) is 3.33. The Morgan fingerprint density at radius 2 is 2.00 bits per heavy atom. The molecule has 7 heteroatoms. The molecule has 23 heavy (non-hydrogen) atoms. The molecule has 0 fully saturated rings. The van der Waals surface area contributed by atoms with E-state index in [1.807, 2.05) is 41.9 Å². The van der Waals surface area contributed by atoms with E-state index in [2.05, 4.69) is 20.2 Å². The topological polar surface area (TPSA) is 61.4 Å². The van der Waals surface area contributed by atoms with Gasteiger partial charge in [-0.05, 0) is 40.4 Å². The van der Waals surface area contributed by atoms with Gasteiger partial charge in [-0.2, -0.15) is 0 Å². The zero-order chi connectivity index (χ0) is 17.1. The van der Waals surface area contributed by atoms with Gasteiger partial charge in [-0.3, -0.25) is 4.79 Å². The van der Waals surface area contributed by atoms with Crippen molar-refractivity contribution in [1.82, 2.24) is 19.8 Å². The van der Waals surface area contributed by atoms with Crippen LogP contribution in [0.15, 0.2) is 6.33 Å². The summed E-state index contributed by atoms with van der Waals surface area (Å²) in [6.45, 7) is 7.70. The first-order chi connectivity index (χ1) is 10.8. The largest absolute Gasteiger partial charge is 0.368 e. The van der Waals surface area contributed by atoms with Gasteiger partial charge in [0.2, 0.25) is 0 Å². The van der Waals surface area contributed by atoms with Crippen LogP contribution in [0.5, 0.6) is 0 Å². The van der Waals surface area contributed by atoms with Crippen molar-refractivity contribution in [2.45, 2.75) is 26.8 Å². The molecule has 0 aliphatic heterocycles. The van der Waals surface area contributed by atoms with Crippen LogP contribution in [0.1, 0.15) is 29.1 Å². The number of carbonyl (C=O) groups is 1. The minimum absolute atomic E-state index is 0.0414. The molecule has 0 atom stereocenters. The third-order valence-corrected chi connectivity index (χ3v) is 5.06. The lowest BCUT2D eigenvalue weighted by atomic mass is 10.2. The number of nitrogens with one attached hydrogen (secondary N) is 1. The number of nitrogens with zero attached hydrogens (tertiary/aromatic N) is 4. The number of fused-ring (bicyclic) bond motifs is 1. The number of hydrogen-bond donors (Lipinski definition) is 1. The average Bonchev–Trinajstić information content (AvgIpc) is 2.83. The van der Waals surface area contributed by atoms with E-state index in [1.54, 1.807) is 11.2 Å². The number of hydrogen-bond acceptors (Lipinski definition) is 6. The fraction of sp³-hybridized carbons (Fsp3) is 0.562. The fourth-order valence-electron chi connectivity index (χ4n) is 2.20. The zero-order valence-electron chi connectivity index (χ0n) is 14.7. The first kappa shape index (κ1) is 17.6. The molecule has 0 saturated carbocycles. The molecule has 0 saturated heterocycles. The highest BCUT2D eigenvalue weighted by Crippen LogP contribution is 2.33. The predicted octanol–water partition coefficient (Wildman–Crippen LogP) is 2.45. The molecular formula is C16H25N5OS. The molecule has 0 radical (unpaired) electrons. The Hall–Kier alpha value is -1.73. The number of anilines is 1. The molecule has 6 nitrogen and oxygen atoms in total. The third-order valence-electron chi connectivity index (χ3n) is 3.87. The molecular weight excluding hydrogens is 310 g/mol. The first-order valence-corrected chi connectivity index (χ1v) is 8.54. The predicted molar refractivity (Wildman–Crippen MR) is 96.4 cm³/mol. The summed E-state index contributed by atoms with van der Waals surface area (Å²) in [6, 6.07) is 0.163. The highest BCUT2D eigenvalue weighted by Gasteiger charge is 2.22. The van der Waals surface area contributed by atoms with Gasteiger partial charge in [-0.25, -0.2) is 9.97 Å². The van der Waals surface area contributed by atoms with Gasteiger partial charge in [0, 0.05) is 26.2 Å². The molecule has 126 valence electrons. The molecule has 2 heterocycles. The Morgan fingerprint density at radius 3 is 2.61 bits per heavy atom. The molecule has 0 bridgehead atoms. The maximum Gasteiger partial charge on any atom is 0.264 e. The van der Waals surface area contributed by atoms with Crippen molar-refractivity contribution < 1.29 is 4.79 Å². The van der Waals surface area contributed by atoms with Gasteiger partial charge in [0.25, 0.3) is 5.91 Å². The number of likely N-dealkylation sites (N-methyl/N-ethyl adjacent to an activating group) is 1. The minimum atomic E-state index is 0.0414. The number of aryl methyl sites for hydroxylation is 1. The van der Waals surface area contributed by atoms with Crippen molar-refractivity contribution in [3.63, 3.8) is 0 Å². The lowest BCUT2D eigenvalue weighted by Gasteiger charge is -2.20. The molecule has 0 unspecified atom stereocenters. The summed E-state index contributed by atoms with van der Waals surface area (Å²) in [4.78, 5) is 26.8. The van der Waals surface area contributed by atoms with Crippen molar-refractivity contribution in [2.75, 3.05) is 39.5 Å². The van der Waals surface area contributed by atoms with Gasteiger partial charge in [0.15, 0.2) is 0 Å². The van der Waals surface area contributed by atoms with E-state index < -0.39 is 0 Å². The summed E-state index contributed by atoms with van der Waals surface area (Å²) in [5, 5.41) is 4.31. The van der Waals surface area contributed by atoms with Crippen molar-refractivity contribution >= 4 is 33.3 Å². The summed E-state index contributed by atoms with van der Waals surface area (Å²) < 4.78 is 0. The summed E-state index contributed by atoms with van der Waals surface area (Å²) in [7, 11) is 5.90. The van der Waals surface area contributed by atoms with Gasteiger partial charge < -0.3 is 15.1 Å².